The first kappa shape index (κ1) is 15.6. The first-order valence-corrected chi connectivity index (χ1v) is 7.92. The quantitative estimate of drug-likeness (QED) is 0.821. The van der Waals surface area contributed by atoms with Gasteiger partial charge in [0.15, 0.2) is 5.69 Å². The molecule has 1 saturated heterocycles. The molecule has 0 saturated carbocycles. The topological polar surface area (TPSA) is 100 Å². The van der Waals surface area contributed by atoms with E-state index in [2.05, 4.69) is 22.6 Å². The normalized spacial score (nSPS) is 18.5. The maximum Gasteiger partial charge on any atom is 0.358 e. The van der Waals surface area contributed by atoms with E-state index in [1.165, 1.54) is 10.9 Å². The van der Waals surface area contributed by atoms with Crippen molar-refractivity contribution in [1.29, 1.82) is 0 Å². The fourth-order valence-corrected chi connectivity index (χ4v) is 3.23. The van der Waals surface area contributed by atoms with Gasteiger partial charge in [-0.15, -0.1) is 5.10 Å². The van der Waals surface area contributed by atoms with Crippen molar-refractivity contribution in [3.63, 3.8) is 0 Å². The third kappa shape index (κ3) is 4.35. The molecule has 1 aliphatic rings. The molecule has 1 aromatic heterocycles. The monoisotopic (exact) mass is 313 g/mol. The van der Waals surface area contributed by atoms with Crippen molar-refractivity contribution >= 4 is 23.8 Å². The minimum Gasteiger partial charge on any atom is -0.476 e. The molecule has 1 aromatic rings. The lowest BCUT2D eigenvalue weighted by Crippen LogP contribution is -2.47. The second-order valence-electron chi connectivity index (χ2n) is 4.75. The molecule has 9 heteroatoms. The molecule has 0 radical (unpaired) electrons. The molecule has 2 rings (SSSR count). The summed E-state index contributed by atoms with van der Waals surface area (Å²) in [4.78, 5) is 24.5. The molecule has 0 aliphatic carbocycles. The smallest absolute Gasteiger partial charge is 0.358 e. The highest BCUT2D eigenvalue weighted by atomic mass is 32.2. The molecule has 0 aromatic carbocycles. The highest BCUT2D eigenvalue weighted by molar-refractivity contribution is 8.00. The van der Waals surface area contributed by atoms with Gasteiger partial charge in [-0.2, -0.15) is 11.8 Å². The number of nitrogens with one attached hydrogen (secondary N) is 1. The van der Waals surface area contributed by atoms with Crippen molar-refractivity contribution in [1.82, 2.24) is 25.2 Å². The van der Waals surface area contributed by atoms with E-state index in [0.717, 1.165) is 25.3 Å². The summed E-state index contributed by atoms with van der Waals surface area (Å²) in [6.07, 6.45) is 2.41. The van der Waals surface area contributed by atoms with Crippen LogP contribution in [-0.4, -0.2) is 67.6 Å². The first-order chi connectivity index (χ1) is 10.1. The minimum absolute atomic E-state index is 0.0766. The zero-order chi connectivity index (χ0) is 15.2. The van der Waals surface area contributed by atoms with Gasteiger partial charge in [0, 0.05) is 30.6 Å². The highest BCUT2D eigenvalue weighted by Gasteiger charge is 2.22. The van der Waals surface area contributed by atoms with E-state index in [0.29, 0.717) is 18.3 Å². The van der Waals surface area contributed by atoms with Crippen molar-refractivity contribution in [2.75, 3.05) is 25.4 Å². The van der Waals surface area contributed by atoms with Crippen molar-refractivity contribution in [2.45, 2.75) is 25.1 Å². The Balaban J connectivity index is 1.74. The number of carbonyl (C=O) groups excluding carboxylic acids is 1. The summed E-state index contributed by atoms with van der Waals surface area (Å²) in [5, 5.41) is 19.3. The Labute approximate surface area is 126 Å². The summed E-state index contributed by atoms with van der Waals surface area (Å²) in [6, 6.07) is -0.0766. The molecule has 1 atom stereocenters. The maximum absolute atomic E-state index is 12.0. The first-order valence-electron chi connectivity index (χ1n) is 6.88. The summed E-state index contributed by atoms with van der Waals surface area (Å²) in [7, 11) is 0. The minimum atomic E-state index is -1.11. The molecule has 1 aliphatic heterocycles. The van der Waals surface area contributed by atoms with Gasteiger partial charge in [0.2, 0.25) is 0 Å². The van der Waals surface area contributed by atoms with Crippen LogP contribution in [0, 0.1) is 0 Å². The maximum atomic E-state index is 12.0. The van der Waals surface area contributed by atoms with Gasteiger partial charge >= 0.3 is 12.0 Å². The lowest BCUT2D eigenvalue weighted by Gasteiger charge is -2.31. The van der Waals surface area contributed by atoms with Gasteiger partial charge < -0.3 is 15.3 Å². The fourth-order valence-electron chi connectivity index (χ4n) is 2.05. The van der Waals surface area contributed by atoms with Crippen LogP contribution < -0.4 is 5.32 Å². The molecular weight excluding hydrogens is 294 g/mol. The average Bonchev–Trinajstić information content (AvgIpc) is 2.96. The molecule has 0 spiro atoms. The van der Waals surface area contributed by atoms with Crippen LogP contribution in [0.3, 0.4) is 0 Å². The number of aromatic nitrogens is 3. The number of hydrogen-bond acceptors (Lipinski definition) is 5. The second-order valence-corrected chi connectivity index (χ2v) is 6.16. The lowest BCUT2D eigenvalue weighted by atomic mass is 10.3. The molecule has 1 unspecified atom stereocenters. The van der Waals surface area contributed by atoms with Crippen LogP contribution >= 0.6 is 11.8 Å². The molecule has 116 valence electrons. The number of carboxylic acids is 1. The van der Waals surface area contributed by atoms with E-state index in [-0.39, 0.29) is 11.7 Å². The van der Waals surface area contributed by atoms with Crippen LogP contribution in [0.4, 0.5) is 4.79 Å². The largest absolute Gasteiger partial charge is 0.476 e. The molecule has 8 nitrogen and oxygen atoms in total. The van der Waals surface area contributed by atoms with E-state index >= 15 is 0 Å². The van der Waals surface area contributed by atoms with Crippen LogP contribution in [0.5, 0.6) is 0 Å². The molecule has 0 bridgehead atoms. The second kappa shape index (κ2) is 7.30. The highest BCUT2D eigenvalue weighted by Crippen LogP contribution is 2.20. The van der Waals surface area contributed by atoms with Crippen molar-refractivity contribution in [3.8, 4) is 0 Å². The van der Waals surface area contributed by atoms with Crippen LogP contribution in [0.15, 0.2) is 6.20 Å². The number of carboxylic acid groups (broad SMARTS) is 1. The zero-order valence-corrected chi connectivity index (χ0v) is 12.7. The number of nitrogens with zero attached hydrogens (tertiary/aromatic N) is 4. The predicted molar refractivity (Wildman–Crippen MR) is 78.5 cm³/mol. The van der Waals surface area contributed by atoms with E-state index in [9.17, 15) is 9.59 Å². The van der Waals surface area contributed by atoms with Crippen molar-refractivity contribution < 1.29 is 14.7 Å². The Morgan fingerprint density at radius 3 is 3.05 bits per heavy atom. The number of urea groups is 1. The van der Waals surface area contributed by atoms with Gasteiger partial charge in [-0.05, 0) is 6.42 Å². The fraction of sp³-hybridized carbons (Fsp3) is 0.667. The van der Waals surface area contributed by atoms with Gasteiger partial charge in [0.25, 0.3) is 0 Å². The van der Waals surface area contributed by atoms with Crippen molar-refractivity contribution in [3.05, 3.63) is 11.9 Å². The number of thioether (sulfide) groups is 1. The summed E-state index contributed by atoms with van der Waals surface area (Å²) in [5.74, 6) is -0.140. The molecular formula is C12H19N5O3S. The summed E-state index contributed by atoms with van der Waals surface area (Å²) in [5.41, 5.74) is -0.0971. The Kier molecular flexibility index (Phi) is 5.43. The van der Waals surface area contributed by atoms with E-state index in [1.54, 1.807) is 0 Å². The van der Waals surface area contributed by atoms with E-state index in [1.807, 2.05) is 16.7 Å². The SMILES string of the molecule is CCC1CN(C(=O)NCCn2cc(C(=O)O)nn2)CCS1. The lowest BCUT2D eigenvalue weighted by molar-refractivity contribution is 0.0690. The van der Waals surface area contributed by atoms with Gasteiger partial charge in [0.05, 0.1) is 12.7 Å². The summed E-state index contributed by atoms with van der Waals surface area (Å²) >= 11 is 1.91. The van der Waals surface area contributed by atoms with Crippen LogP contribution in [0.1, 0.15) is 23.8 Å². The zero-order valence-electron chi connectivity index (χ0n) is 11.9. The third-order valence-electron chi connectivity index (χ3n) is 3.26. The van der Waals surface area contributed by atoms with Crippen LogP contribution in [-0.2, 0) is 6.54 Å². The standard InChI is InChI=1S/C12H19N5O3S/c1-2-9-7-16(5-6-21-9)12(20)13-3-4-17-8-10(11(18)19)14-15-17/h8-9H,2-7H2,1H3,(H,13,20)(H,18,19). The van der Waals surface area contributed by atoms with E-state index in [4.69, 9.17) is 5.11 Å². The van der Waals surface area contributed by atoms with Gasteiger partial charge in [-0.25, -0.2) is 14.3 Å². The number of hydrogen-bond donors (Lipinski definition) is 2. The number of amides is 2. The summed E-state index contributed by atoms with van der Waals surface area (Å²) in [6.45, 7) is 4.45. The Bertz CT molecular complexity index is 507. The molecule has 21 heavy (non-hydrogen) atoms. The van der Waals surface area contributed by atoms with Gasteiger partial charge in [-0.1, -0.05) is 12.1 Å². The third-order valence-corrected chi connectivity index (χ3v) is 4.63. The van der Waals surface area contributed by atoms with Crippen LogP contribution in [0.2, 0.25) is 0 Å². The van der Waals surface area contributed by atoms with E-state index < -0.39 is 5.97 Å². The predicted octanol–water partition coefficient (Wildman–Crippen LogP) is 0.513. The Morgan fingerprint density at radius 2 is 2.38 bits per heavy atom. The number of carbonyl (C=O) groups is 2. The molecule has 2 amide bonds. The molecule has 1 fully saturated rings. The van der Waals surface area contributed by atoms with Crippen molar-refractivity contribution in [2.24, 2.45) is 0 Å². The average molecular weight is 313 g/mol. The molecule has 2 heterocycles. The Hall–Kier alpha value is -1.77. The van der Waals surface area contributed by atoms with Gasteiger partial charge in [0.1, 0.15) is 0 Å². The Morgan fingerprint density at radius 1 is 1.57 bits per heavy atom. The number of rotatable bonds is 5. The summed E-state index contributed by atoms with van der Waals surface area (Å²) < 4.78 is 1.41. The molecule has 2 N–H and O–H groups in total. The van der Waals surface area contributed by atoms with Crippen LogP contribution in [0.25, 0.3) is 0 Å². The van der Waals surface area contributed by atoms with Gasteiger partial charge in [-0.3, -0.25) is 0 Å². The number of aromatic carboxylic acids is 1.